The molecule has 4 heteroatoms. The Hall–Kier alpha value is -0.450. The van der Waals surface area contributed by atoms with Crippen molar-refractivity contribution >= 4 is 5.78 Å². The van der Waals surface area contributed by atoms with Crippen molar-refractivity contribution in [3.05, 3.63) is 0 Å². The first-order chi connectivity index (χ1) is 15.6. The van der Waals surface area contributed by atoms with Crippen molar-refractivity contribution < 1.29 is 19.0 Å². The van der Waals surface area contributed by atoms with Gasteiger partial charge >= 0.3 is 0 Å². The summed E-state index contributed by atoms with van der Waals surface area (Å²) >= 11 is 0. The fourth-order valence-electron chi connectivity index (χ4n) is 3.60. The SMILES string of the molecule is CC(C)CC(C)C.CC(C)CCCCC(=O)CCCCOCCOCCOCCCC(C)C. The van der Waals surface area contributed by atoms with Gasteiger partial charge in [-0.1, -0.05) is 68.2 Å². The van der Waals surface area contributed by atoms with Gasteiger partial charge in [-0.3, -0.25) is 4.79 Å². The second-order valence-electron chi connectivity index (χ2n) is 11.0. The summed E-state index contributed by atoms with van der Waals surface area (Å²) in [4.78, 5) is 11.7. The molecule has 33 heavy (non-hydrogen) atoms. The molecule has 0 radical (unpaired) electrons. The summed E-state index contributed by atoms with van der Waals surface area (Å²) in [5.41, 5.74) is 0. The molecule has 0 N–H and O–H groups in total. The van der Waals surface area contributed by atoms with E-state index < -0.39 is 0 Å². The van der Waals surface area contributed by atoms with Crippen molar-refractivity contribution in [2.45, 2.75) is 120 Å². The van der Waals surface area contributed by atoms with E-state index >= 15 is 0 Å². The maximum Gasteiger partial charge on any atom is 0.132 e. The summed E-state index contributed by atoms with van der Waals surface area (Å²) in [5, 5.41) is 0. The molecule has 0 fully saturated rings. The number of ether oxygens (including phenoxy) is 3. The van der Waals surface area contributed by atoms with Crippen molar-refractivity contribution in [2.75, 3.05) is 39.6 Å². The number of ketones is 1. The summed E-state index contributed by atoms with van der Waals surface area (Å²) < 4.78 is 16.5. The number of carbonyl (C=O) groups excluding carboxylic acids is 1. The largest absolute Gasteiger partial charge is 0.379 e. The lowest BCUT2D eigenvalue weighted by atomic mass is 10.0. The van der Waals surface area contributed by atoms with Crippen LogP contribution in [0.4, 0.5) is 0 Å². The number of hydrogen-bond acceptors (Lipinski definition) is 4. The molecular weight excluding hydrogens is 412 g/mol. The van der Waals surface area contributed by atoms with Gasteiger partial charge in [0.1, 0.15) is 5.78 Å². The van der Waals surface area contributed by atoms with E-state index in [0.717, 1.165) is 69.0 Å². The topological polar surface area (TPSA) is 44.8 Å². The molecule has 4 nitrogen and oxygen atoms in total. The zero-order valence-corrected chi connectivity index (χ0v) is 23.8. The molecule has 0 saturated heterocycles. The van der Waals surface area contributed by atoms with E-state index in [1.165, 1.54) is 25.7 Å². The van der Waals surface area contributed by atoms with Gasteiger partial charge in [0.15, 0.2) is 0 Å². The molecule has 0 aliphatic rings. The Morgan fingerprint density at radius 1 is 0.485 bits per heavy atom. The fraction of sp³-hybridized carbons (Fsp3) is 0.966. The van der Waals surface area contributed by atoms with Gasteiger partial charge in [0.2, 0.25) is 0 Å². The lowest BCUT2D eigenvalue weighted by Crippen LogP contribution is -2.10. The zero-order valence-electron chi connectivity index (χ0n) is 23.8. The average Bonchev–Trinajstić information content (AvgIpc) is 2.70. The lowest BCUT2D eigenvalue weighted by Gasteiger charge is -2.08. The summed E-state index contributed by atoms with van der Waals surface area (Å²) in [6.45, 7) is 22.1. The van der Waals surface area contributed by atoms with E-state index in [-0.39, 0.29) is 0 Å². The van der Waals surface area contributed by atoms with Crippen LogP contribution in [0.15, 0.2) is 0 Å². The predicted octanol–water partition coefficient (Wildman–Crippen LogP) is 8.12. The Kier molecular flexibility index (Phi) is 27.5. The number of unbranched alkanes of at least 4 members (excludes halogenated alkanes) is 2. The highest BCUT2D eigenvalue weighted by atomic mass is 16.5. The molecule has 200 valence electrons. The first-order valence-corrected chi connectivity index (χ1v) is 13.9. The quantitative estimate of drug-likeness (QED) is 0.149. The maximum atomic E-state index is 11.7. The van der Waals surface area contributed by atoms with Crippen LogP contribution in [0.5, 0.6) is 0 Å². The minimum Gasteiger partial charge on any atom is -0.379 e. The molecule has 0 bridgehead atoms. The minimum atomic E-state index is 0.408. The highest BCUT2D eigenvalue weighted by Crippen LogP contribution is 2.10. The van der Waals surface area contributed by atoms with Crippen molar-refractivity contribution in [3.63, 3.8) is 0 Å². The molecule has 0 atom stereocenters. The van der Waals surface area contributed by atoms with Crippen LogP contribution < -0.4 is 0 Å². The Morgan fingerprint density at radius 3 is 1.30 bits per heavy atom. The highest BCUT2D eigenvalue weighted by Gasteiger charge is 2.03. The highest BCUT2D eigenvalue weighted by molar-refractivity contribution is 5.78. The standard InChI is InChI=1S/C22H44O4.C7H16/c1-20(2)10-5-6-12-22(23)13-7-8-14-24-16-18-26-19-17-25-15-9-11-21(3)4;1-6(2)5-7(3)4/h20-21H,5-19H2,1-4H3;6-7H,5H2,1-4H3. The summed E-state index contributed by atoms with van der Waals surface area (Å²) in [6, 6.07) is 0. The van der Waals surface area contributed by atoms with E-state index in [2.05, 4.69) is 55.4 Å². The number of hydrogen-bond donors (Lipinski definition) is 0. The van der Waals surface area contributed by atoms with Gasteiger partial charge in [-0.25, -0.2) is 0 Å². The van der Waals surface area contributed by atoms with Crippen molar-refractivity contribution in [1.82, 2.24) is 0 Å². The van der Waals surface area contributed by atoms with Gasteiger partial charge in [0.25, 0.3) is 0 Å². The number of rotatable bonds is 22. The second-order valence-corrected chi connectivity index (χ2v) is 11.0. The molecule has 0 spiro atoms. The van der Waals surface area contributed by atoms with Crippen LogP contribution in [0, 0.1) is 23.7 Å². The Bertz CT molecular complexity index is 385. The second kappa shape index (κ2) is 26.2. The van der Waals surface area contributed by atoms with E-state index in [1.54, 1.807) is 0 Å². The van der Waals surface area contributed by atoms with E-state index in [0.29, 0.717) is 38.6 Å². The molecule has 0 amide bonds. The van der Waals surface area contributed by atoms with E-state index in [9.17, 15) is 4.79 Å². The Morgan fingerprint density at radius 2 is 0.879 bits per heavy atom. The normalized spacial score (nSPS) is 11.5. The van der Waals surface area contributed by atoms with Gasteiger partial charge in [-0.15, -0.1) is 0 Å². The van der Waals surface area contributed by atoms with Gasteiger partial charge in [0, 0.05) is 26.1 Å². The van der Waals surface area contributed by atoms with Crippen LogP contribution in [0.1, 0.15) is 120 Å². The van der Waals surface area contributed by atoms with Gasteiger partial charge < -0.3 is 14.2 Å². The molecule has 0 saturated carbocycles. The molecule has 0 aromatic carbocycles. The lowest BCUT2D eigenvalue weighted by molar-refractivity contribution is -0.119. The molecule has 0 unspecified atom stereocenters. The van der Waals surface area contributed by atoms with Crippen molar-refractivity contribution in [1.29, 1.82) is 0 Å². The predicted molar refractivity (Wildman–Crippen MR) is 143 cm³/mol. The fourth-order valence-corrected chi connectivity index (χ4v) is 3.60. The Labute approximate surface area is 207 Å². The molecule has 0 aromatic rings. The third-order valence-electron chi connectivity index (χ3n) is 5.24. The van der Waals surface area contributed by atoms with Crippen LogP contribution in [0.3, 0.4) is 0 Å². The zero-order chi connectivity index (χ0) is 25.3. The summed E-state index contributed by atoms with van der Waals surface area (Å²) in [7, 11) is 0. The maximum absolute atomic E-state index is 11.7. The molecule has 0 aliphatic heterocycles. The van der Waals surface area contributed by atoms with Crippen LogP contribution >= 0.6 is 0 Å². The first kappa shape index (κ1) is 34.7. The molecular formula is C29H60O4. The van der Waals surface area contributed by atoms with Crippen molar-refractivity contribution in [2.24, 2.45) is 23.7 Å². The monoisotopic (exact) mass is 472 g/mol. The summed E-state index contributed by atoms with van der Waals surface area (Å²) in [5.74, 6) is 3.65. The van der Waals surface area contributed by atoms with Crippen LogP contribution in [0.2, 0.25) is 0 Å². The molecule has 0 aromatic heterocycles. The van der Waals surface area contributed by atoms with Crippen molar-refractivity contribution in [3.8, 4) is 0 Å². The molecule has 0 aliphatic carbocycles. The Balaban J connectivity index is 0. The van der Waals surface area contributed by atoms with Crippen LogP contribution in [0.25, 0.3) is 0 Å². The van der Waals surface area contributed by atoms with Gasteiger partial charge in [-0.05, 0) is 62.2 Å². The summed E-state index contributed by atoms with van der Waals surface area (Å²) in [6.07, 6.45) is 10.5. The third-order valence-corrected chi connectivity index (χ3v) is 5.24. The number of carbonyl (C=O) groups is 1. The average molecular weight is 473 g/mol. The van der Waals surface area contributed by atoms with E-state index in [1.807, 2.05) is 0 Å². The molecule has 0 heterocycles. The van der Waals surface area contributed by atoms with E-state index in [4.69, 9.17) is 14.2 Å². The first-order valence-electron chi connectivity index (χ1n) is 13.9. The third kappa shape index (κ3) is 36.3. The number of Topliss-reactive ketones (excluding diaryl/α,β-unsaturated/α-hetero) is 1. The van der Waals surface area contributed by atoms with Gasteiger partial charge in [0.05, 0.1) is 26.4 Å². The van der Waals surface area contributed by atoms with Crippen LogP contribution in [-0.2, 0) is 19.0 Å². The van der Waals surface area contributed by atoms with Crippen LogP contribution in [-0.4, -0.2) is 45.4 Å². The minimum absolute atomic E-state index is 0.408. The molecule has 0 rings (SSSR count). The smallest absolute Gasteiger partial charge is 0.132 e. The van der Waals surface area contributed by atoms with Gasteiger partial charge in [-0.2, -0.15) is 0 Å².